The summed E-state index contributed by atoms with van der Waals surface area (Å²) in [4.78, 5) is 35.6. The minimum absolute atomic E-state index is 0.0357. The molecule has 10 heteroatoms. The van der Waals surface area contributed by atoms with E-state index in [4.69, 9.17) is 10.5 Å². The highest BCUT2D eigenvalue weighted by Crippen LogP contribution is 2.46. The van der Waals surface area contributed by atoms with Crippen molar-refractivity contribution in [1.82, 2.24) is 5.32 Å². The van der Waals surface area contributed by atoms with E-state index >= 15 is 0 Å². The second kappa shape index (κ2) is 7.81. The number of methoxy groups -OCH3 is 1. The van der Waals surface area contributed by atoms with Crippen molar-refractivity contribution in [3.05, 3.63) is 69.8 Å². The summed E-state index contributed by atoms with van der Waals surface area (Å²) in [7, 11) is 1.26. The molecule has 0 bridgehead atoms. The summed E-state index contributed by atoms with van der Waals surface area (Å²) in [6.45, 7) is 0. The lowest BCUT2D eigenvalue weighted by atomic mass is 9.67. The van der Waals surface area contributed by atoms with Crippen molar-refractivity contribution < 1.29 is 24.4 Å². The van der Waals surface area contributed by atoms with Gasteiger partial charge in [0.2, 0.25) is 11.8 Å². The van der Waals surface area contributed by atoms with Gasteiger partial charge in [0.05, 0.1) is 18.1 Å². The standard InChI is InChI=1S/C20H18N4O6/c1-30-15-8-7-11(9-14(15)24(28)29)16-13(10-21)20(27,12-5-3-2-4-6-12)23-19(26)17(16)18(22)25/h2-9,13,16-17,27H,1H3,(H2,22,25)(H,23,26)/t13-,16+,17-,20-/m1/s1. The van der Waals surface area contributed by atoms with Gasteiger partial charge in [0.1, 0.15) is 11.8 Å². The van der Waals surface area contributed by atoms with E-state index in [1.54, 1.807) is 18.2 Å². The quantitative estimate of drug-likeness (QED) is 0.374. The molecule has 1 aliphatic heterocycles. The number of carbonyl (C=O) groups is 2. The van der Waals surface area contributed by atoms with E-state index in [0.717, 1.165) is 6.07 Å². The Morgan fingerprint density at radius 3 is 2.53 bits per heavy atom. The molecular weight excluding hydrogens is 392 g/mol. The van der Waals surface area contributed by atoms with Gasteiger partial charge in [-0.15, -0.1) is 0 Å². The molecule has 0 saturated carbocycles. The lowest BCUT2D eigenvalue weighted by molar-refractivity contribution is -0.385. The number of nitro groups is 1. The summed E-state index contributed by atoms with van der Waals surface area (Å²) in [6, 6.07) is 13.7. The van der Waals surface area contributed by atoms with E-state index in [1.807, 2.05) is 6.07 Å². The van der Waals surface area contributed by atoms with Crippen LogP contribution in [0.3, 0.4) is 0 Å². The van der Waals surface area contributed by atoms with Gasteiger partial charge >= 0.3 is 5.69 Å². The first-order valence-electron chi connectivity index (χ1n) is 8.85. The Morgan fingerprint density at radius 1 is 1.33 bits per heavy atom. The Hall–Kier alpha value is -3.97. The predicted octanol–water partition coefficient (Wildman–Crippen LogP) is 0.903. The molecule has 0 aliphatic carbocycles. The van der Waals surface area contributed by atoms with Crippen LogP contribution in [0.25, 0.3) is 0 Å². The monoisotopic (exact) mass is 410 g/mol. The van der Waals surface area contributed by atoms with Gasteiger partial charge in [-0.3, -0.25) is 19.7 Å². The fourth-order valence-electron chi connectivity index (χ4n) is 3.82. The van der Waals surface area contributed by atoms with Crippen LogP contribution < -0.4 is 15.8 Å². The van der Waals surface area contributed by atoms with Crippen molar-refractivity contribution in [3.8, 4) is 11.8 Å². The van der Waals surface area contributed by atoms with E-state index in [-0.39, 0.29) is 16.9 Å². The molecule has 30 heavy (non-hydrogen) atoms. The average Bonchev–Trinajstić information content (AvgIpc) is 2.73. The third kappa shape index (κ3) is 3.31. The lowest BCUT2D eigenvalue weighted by Gasteiger charge is -2.44. The highest BCUT2D eigenvalue weighted by molar-refractivity contribution is 6.01. The molecule has 4 N–H and O–H groups in total. The zero-order valence-corrected chi connectivity index (χ0v) is 15.8. The molecule has 2 aromatic rings. The number of nitriles is 1. The number of piperidine rings is 1. The van der Waals surface area contributed by atoms with E-state index in [9.17, 15) is 30.1 Å². The third-order valence-corrected chi connectivity index (χ3v) is 5.21. The maximum atomic E-state index is 12.8. The maximum absolute atomic E-state index is 12.8. The zero-order valence-electron chi connectivity index (χ0n) is 15.8. The molecule has 2 aromatic carbocycles. The van der Waals surface area contributed by atoms with Crippen molar-refractivity contribution in [2.24, 2.45) is 17.6 Å². The highest BCUT2D eigenvalue weighted by atomic mass is 16.6. The first-order valence-corrected chi connectivity index (χ1v) is 8.85. The second-order valence-electron chi connectivity index (χ2n) is 6.82. The molecule has 1 aliphatic rings. The van der Waals surface area contributed by atoms with E-state index in [1.165, 1.54) is 31.4 Å². The average molecular weight is 410 g/mol. The summed E-state index contributed by atoms with van der Waals surface area (Å²) in [5.74, 6) is -6.08. The number of hydrogen-bond acceptors (Lipinski definition) is 7. The van der Waals surface area contributed by atoms with Crippen LogP contribution in [-0.2, 0) is 15.3 Å². The van der Waals surface area contributed by atoms with Crippen LogP contribution in [-0.4, -0.2) is 29.0 Å². The molecule has 0 unspecified atom stereocenters. The van der Waals surface area contributed by atoms with Crippen LogP contribution in [0.2, 0.25) is 0 Å². The Labute approximate surface area is 171 Å². The van der Waals surface area contributed by atoms with Crippen LogP contribution in [0, 0.1) is 33.3 Å². The molecule has 1 heterocycles. The maximum Gasteiger partial charge on any atom is 0.311 e. The molecule has 1 saturated heterocycles. The molecular formula is C20H18N4O6. The van der Waals surface area contributed by atoms with E-state index in [0.29, 0.717) is 0 Å². The van der Waals surface area contributed by atoms with Crippen LogP contribution in [0.4, 0.5) is 5.69 Å². The molecule has 4 atom stereocenters. The summed E-state index contributed by atoms with van der Waals surface area (Å²) in [5, 5.41) is 35.0. The smallest absolute Gasteiger partial charge is 0.311 e. The van der Waals surface area contributed by atoms with Crippen LogP contribution >= 0.6 is 0 Å². The van der Waals surface area contributed by atoms with Crippen molar-refractivity contribution in [2.45, 2.75) is 11.6 Å². The predicted molar refractivity (Wildman–Crippen MR) is 103 cm³/mol. The van der Waals surface area contributed by atoms with Gasteiger partial charge in [-0.1, -0.05) is 36.4 Å². The fourth-order valence-corrected chi connectivity index (χ4v) is 3.82. The number of primary amides is 1. The zero-order chi connectivity index (χ0) is 22.1. The number of rotatable bonds is 5. The number of aliphatic hydroxyl groups is 1. The van der Waals surface area contributed by atoms with Crippen molar-refractivity contribution in [3.63, 3.8) is 0 Å². The van der Waals surface area contributed by atoms with Crippen molar-refractivity contribution in [1.29, 1.82) is 5.26 Å². The SMILES string of the molecule is COc1ccc([C@@H]2[C@H](C(N)=O)C(=O)N[C@@](O)(c3ccccc3)[C@@H]2C#N)cc1[N+](=O)[O-]. The number of nitro benzene ring substituents is 1. The Morgan fingerprint density at radius 2 is 2.00 bits per heavy atom. The molecule has 10 nitrogen and oxygen atoms in total. The Bertz CT molecular complexity index is 1050. The van der Waals surface area contributed by atoms with E-state index < -0.39 is 45.9 Å². The number of carbonyl (C=O) groups excluding carboxylic acids is 2. The number of benzene rings is 2. The minimum atomic E-state index is -2.14. The second-order valence-corrected chi connectivity index (χ2v) is 6.82. The number of amides is 2. The normalized spacial score (nSPS) is 25.6. The van der Waals surface area contributed by atoms with Gasteiger partial charge in [-0.25, -0.2) is 0 Å². The summed E-state index contributed by atoms with van der Waals surface area (Å²) >= 11 is 0. The number of nitrogens with one attached hydrogen (secondary N) is 1. The Balaban J connectivity index is 2.23. The fraction of sp³-hybridized carbons (Fsp3) is 0.250. The molecule has 2 amide bonds. The third-order valence-electron chi connectivity index (χ3n) is 5.21. The van der Waals surface area contributed by atoms with Gasteiger partial charge < -0.3 is 20.9 Å². The number of hydrogen-bond donors (Lipinski definition) is 3. The van der Waals surface area contributed by atoms with Gasteiger partial charge in [0, 0.05) is 17.5 Å². The van der Waals surface area contributed by atoms with Crippen molar-refractivity contribution in [2.75, 3.05) is 7.11 Å². The first-order chi connectivity index (χ1) is 14.2. The van der Waals surface area contributed by atoms with Gasteiger partial charge in [-0.2, -0.15) is 5.26 Å². The van der Waals surface area contributed by atoms with Crippen LogP contribution in [0.1, 0.15) is 17.0 Å². The molecule has 154 valence electrons. The molecule has 0 aromatic heterocycles. The Kier molecular flexibility index (Phi) is 5.40. The van der Waals surface area contributed by atoms with E-state index in [2.05, 4.69) is 5.32 Å². The highest BCUT2D eigenvalue weighted by Gasteiger charge is 2.56. The number of ether oxygens (including phenoxy) is 1. The molecule has 1 fully saturated rings. The van der Waals surface area contributed by atoms with Gasteiger partial charge in [0.25, 0.3) is 0 Å². The van der Waals surface area contributed by atoms with Crippen LogP contribution in [0.15, 0.2) is 48.5 Å². The summed E-state index contributed by atoms with van der Waals surface area (Å²) < 4.78 is 4.98. The number of nitrogens with two attached hydrogens (primary N) is 1. The summed E-state index contributed by atoms with van der Waals surface area (Å²) in [5.41, 5.74) is 3.23. The molecule has 0 spiro atoms. The first kappa shape index (κ1) is 20.8. The van der Waals surface area contributed by atoms with Gasteiger partial charge in [0.15, 0.2) is 11.5 Å². The minimum Gasteiger partial charge on any atom is -0.490 e. The summed E-state index contributed by atoms with van der Waals surface area (Å²) in [6.07, 6.45) is 0. The molecule has 0 radical (unpaired) electrons. The largest absolute Gasteiger partial charge is 0.490 e. The topological polar surface area (TPSA) is 169 Å². The number of nitrogens with zero attached hydrogens (tertiary/aromatic N) is 2. The van der Waals surface area contributed by atoms with Crippen molar-refractivity contribution >= 4 is 17.5 Å². The van der Waals surface area contributed by atoms with Gasteiger partial charge in [-0.05, 0) is 11.6 Å². The lowest BCUT2D eigenvalue weighted by Crippen LogP contribution is -2.62. The molecule has 3 rings (SSSR count). The van der Waals surface area contributed by atoms with Crippen LogP contribution in [0.5, 0.6) is 5.75 Å².